The Labute approximate surface area is 101 Å². The van der Waals surface area contributed by atoms with Gasteiger partial charge in [0.05, 0.1) is 0 Å². The quantitative estimate of drug-likeness (QED) is 0.775. The van der Waals surface area contributed by atoms with Crippen LogP contribution in [0.15, 0.2) is 18.2 Å². The van der Waals surface area contributed by atoms with Crippen molar-refractivity contribution in [1.82, 2.24) is 4.98 Å². The minimum absolute atomic E-state index is 0.108. The molecule has 4 heteroatoms. The van der Waals surface area contributed by atoms with Crippen LogP contribution in [-0.4, -0.2) is 23.9 Å². The number of piperidine rings is 1. The molecule has 1 aromatic heterocycles. The van der Waals surface area contributed by atoms with Crippen LogP contribution in [0.4, 0.5) is 5.82 Å². The lowest BCUT2D eigenvalue weighted by molar-refractivity contribution is -0.120. The van der Waals surface area contributed by atoms with Gasteiger partial charge in [-0.05, 0) is 31.9 Å². The molecule has 17 heavy (non-hydrogen) atoms. The van der Waals surface area contributed by atoms with Crippen LogP contribution in [0.1, 0.15) is 25.5 Å². The molecule has 0 aromatic carbocycles. The standard InChI is InChI=1S/C13H15N3O/c1-10(17)11-4-3-7-16(9-11)13-6-2-5-12(8-14)15-13/h2,5-6,11H,3-4,7,9H2,1H3. The van der Waals surface area contributed by atoms with Gasteiger partial charge >= 0.3 is 0 Å². The fourth-order valence-electron chi connectivity index (χ4n) is 2.18. The molecular formula is C13H15N3O. The summed E-state index contributed by atoms with van der Waals surface area (Å²) in [6.07, 6.45) is 1.96. The Morgan fingerprint density at radius 1 is 1.59 bits per heavy atom. The maximum Gasteiger partial charge on any atom is 0.142 e. The Kier molecular flexibility index (Phi) is 3.38. The number of Topliss-reactive ketones (excluding diaryl/α,β-unsaturated/α-hetero) is 1. The van der Waals surface area contributed by atoms with Gasteiger partial charge in [0, 0.05) is 19.0 Å². The minimum Gasteiger partial charge on any atom is -0.356 e. The van der Waals surface area contributed by atoms with E-state index >= 15 is 0 Å². The minimum atomic E-state index is 0.108. The third-order valence-electron chi connectivity index (χ3n) is 3.17. The van der Waals surface area contributed by atoms with Gasteiger partial charge in [-0.15, -0.1) is 0 Å². The molecule has 4 nitrogen and oxygen atoms in total. The summed E-state index contributed by atoms with van der Waals surface area (Å²) in [6, 6.07) is 7.45. The Hall–Kier alpha value is -1.89. The number of carbonyl (C=O) groups excluding carboxylic acids is 1. The lowest BCUT2D eigenvalue weighted by atomic mass is 9.94. The second-order valence-corrected chi connectivity index (χ2v) is 4.39. The molecule has 0 saturated carbocycles. The molecule has 1 aliphatic rings. The molecule has 2 rings (SSSR count). The smallest absolute Gasteiger partial charge is 0.142 e. The van der Waals surface area contributed by atoms with Crippen LogP contribution in [0, 0.1) is 17.2 Å². The molecular weight excluding hydrogens is 214 g/mol. The summed E-state index contributed by atoms with van der Waals surface area (Å²) in [7, 11) is 0. The third-order valence-corrected chi connectivity index (χ3v) is 3.17. The van der Waals surface area contributed by atoms with Crippen LogP contribution >= 0.6 is 0 Å². The predicted molar refractivity (Wildman–Crippen MR) is 64.6 cm³/mol. The maximum absolute atomic E-state index is 11.4. The van der Waals surface area contributed by atoms with Gasteiger partial charge in [0.1, 0.15) is 23.4 Å². The van der Waals surface area contributed by atoms with Crippen molar-refractivity contribution in [2.45, 2.75) is 19.8 Å². The van der Waals surface area contributed by atoms with Crippen molar-refractivity contribution in [2.24, 2.45) is 5.92 Å². The highest BCUT2D eigenvalue weighted by Crippen LogP contribution is 2.22. The molecule has 0 bridgehead atoms. The van der Waals surface area contributed by atoms with E-state index in [9.17, 15) is 4.79 Å². The zero-order valence-electron chi connectivity index (χ0n) is 9.89. The first kappa shape index (κ1) is 11.6. The van der Waals surface area contributed by atoms with Crippen LogP contribution in [0.3, 0.4) is 0 Å². The van der Waals surface area contributed by atoms with Gasteiger partial charge in [0.25, 0.3) is 0 Å². The van der Waals surface area contributed by atoms with E-state index < -0.39 is 0 Å². The highest BCUT2D eigenvalue weighted by molar-refractivity contribution is 5.79. The van der Waals surface area contributed by atoms with E-state index in [1.54, 1.807) is 13.0 Å². The molecule has 1 aromatic rings. The zero-order chi connectivity index (χ0) is 12.3. The fraction of sp³-hybridized carbons (Fsp3) is 0.462. The predicted octanol–water partition coefficient (Wildman–Crippen LogP) is 1.76. The monoisotopic (exact) mass is 229 g/mol. The maximum atomic E-state index is 11.4. The SMILES string of the molecule is CC(=O)C1CCCN(c2cccc(C#N)n2)C1. The van der Waals surface area contributed by atoms with Gasteiger partial charge in [0.15, 0.2) is 0 Å². The van der Waals surface area contributed by atoms with Gasteiger partial charge in [-0.2, -0.15) is 5.26 Å². The Bertz CT molecular complexity index is 464. The molecule has 0 N–H and O–H groups in total. The number of hydrogen-bond donors (Lipinski definition) is 0. The number of anilines is 1. The Morgan fingerprint density at radius 2 is 2.41 bits per heavy atom. The second kappa shape index (κ2) is 4.96. The third kappa shape index (κ3) is 2.62. The van der Waals surface area contributed by atoms with Crippen LogP contribution in [0.5, 0.6) is 0 Å². The topological polar surface area (TPSA) is 57.0 Å². The average Bonchev–Trinajstić information content (AvgIpc) is 2.39. The van der Waals surface area contributed by atoms with Gasteiger partial charge in [-0.3, -0.25) is 4.79 Å². The van der Waals surface area contributed by atoms with Crippen molar-refractivity contribution in [3.05, 3.63) is 23.9 Å². The number of pyridine rings is 1. The van der Waals surface area contributed by atoms with E-state index in [2.05, 4.69) is 9.88 Å². The first-order chi connectivity index (χ1) is 8.20. The van der Waals surface area contributed by atoms with E-state index in [0.29, 0.717) is 5.69 Å². The number of hydrogen-bond acceptors (Lipinski definition) is 4. The van der Waals surface area contributed by atoms with Crippen molar-refractivity contribution >= 4 is 11.6 Å². The van der Waals surface area contributed by atoms with E-state index in [0.717, 1.165) is 31.7 Å². The summed E-state index contributed by atoms with van der Waals surface area (Å²) >= 11 is 0. The highest BCUT2D eigenvalue weighted by Gasteiger charge is 2.23. The molecule has 1 atom stereocenters. The van der Waals surface area contributed by atoms with Crippen molar-refractivity contribution in [2.75, 3.05) is 18.0 Å². The fourth-order valence-corrected chi connectivity index (χ4v) is 2.18. The van der Waals surface area contributed by atoms with Crippen molar-refractivity contribution in [3.8, 4) is 6.07 Å². The van der Waals surface area contributed by atoms with E-state index in [1.807, 2.05) is 18.2 Å². The zero-order valence-corrected chi connectivity index (χ0v) is 9.89. The van der Waals surface area contributed by atoms with Gasteiger partial charge in [0.2, 0.25) is 0 Å². The Balaban J connectivity index is 2.16. The summed E-state index contributed by atoms with van der Waals surface area (Å²) in [6.45, 7) is 3.27. The van der Waals surface area contributed by atoms with Crippen LogP contribution in [-0.2, 0) is 4.79 Å². The molecule has 0 radical (unpaired) electrons. The molecule has 1 fully saturated rings. The van der Waals surface area contributed by atoms with Crippen molar-refractivity contribution in [1.29, 1.82) is 5.26 Å². The van der Waals surface area contributed by atoms with E-state index in [-0.39, 0.29) is 11.7 Å². The van der Waals surface area contributed by atoms with E-state index in [4.69, 9.17) is 5.26 Å². The summed E-state index contributed by atoms with van der Waals surface area (Å²) in [5.74, 6) is 1.15. The average molecular weight is 229 g/mol. The lowest BCUT2D eigenvalue weighted by Crippen LogP contribution is -2.38. The number of aromatic nitrogens is 1. The summed E-state index contributed by atoms with van der Waals surface area (Å²) < 4.78 is 0. The van der Waals surface area contributed by atoms with Crippen molar-refractivity contribution < 1.29 is 4.79 Å². The summed E-state index contributed by atoms with van der Waals surface area (Å²) in [5.41, 5.74) is 0.424. The molecule has 1 aliphatic heterocycles. The highest BCUT2D eigenvalue weighted by atomic mass is 16.1. The molecule has 1 saturated heterocycles. The number of nitriles is 1. The van der Waals surface area contributed by atoms with Crippen LogP contribution in [0.25, 0.3) is 0 Å². The normalized spacial score (nSPS) is 19.8. The van der Waals surface area contributed by atoms with Crippen LogP contribution in [0.2, 0.25) is 0 Å². The van der Waals surface area contributed by atoms with Gasteiger partial charge in [-0.25, -0.2) is 4.98 Å². The second-order valence-electron chi connectivity index (χ2n) is 4.39. The number of ketones is 1. The van der Waals surface area contributed by atoms with Crippen molar-refractivity contribution in [3.63, 3.8) is 0 Å². The van der Waals surface area contributed by atoms with Crippen LogP contribution < -0.4 is 4.90 Å². The number of rotatable bonds is 2. The number of carbonyl (C=O) groups is 1. The first-order valence-corrected chi connectivity index (χ1v) is 5.83. The molecule has 2 heterocycles. The van der Waals surface area contributed by atoms with Gasteiger partial charge < -0.3 is 4.90 Å². The van der Waals surface area contributed by atoms with E-state index in [1.165, 1.54) is 0 Å². The summed E-state index contributed by atoms with van der Waals surface area (Å²) in [5, 5.41) is 8.82. The van der Waals surface area contributed by atoms with Gasteiger partial charge in [-0.1, -0.05) is 6.07 Å². The Morgan fingerprint density at radius 3 is 3.12 bits per heavy atom. The molecule has 1 unspecified atom stereocenters. The first-order valence-electron chi connectivity index (χ1n) is 5.83. The summed E-state index contributed by atoms with van der Waals surface area (Å²) in [4.78, 5) is 17.8. The molecule has 0 amide bonds. The molecule has 0 aliphatic carbocycles. The lowest BCUT2D eigenvalue weighted by Gasteiger charge is -2.32. The molecule has 88 valence electrons. The number of nitrogens with zero attached hydrogens (tertiary/aromatic N) is 3. The molecule has 0 spiro atoms. The largest absolute Gasteiger partial charge is 0.356 e.